The predicted octanol–water partition coefficient (Wildman–Crippen LogP) is 2.40. The quantitative estimate of drug-likeness (QED) is 0.608. The number of hydrogen-bond donors (Lipinski definition) is 0. The lowest BCUT2D eigenvalue weighted by atomic mass is 10.1. The Hall–Kier alpha value is -2.39. The molecule has 0 saturated carbocycles. The molecule has 2 aromatic heterocycles. The van der Waals surface area contributed by atoms with Gasteiger partial charge >= 0.3 is 0 Å². The first-order valence-electron chi connectivity index (χ1n) is 9.39. The first kappa shape index (κ1) is 21.3. The molecule has 1 aliphatic rings. The third-order valence-corrected chi connectivity index (χ3v) is 6.57. The van der Waals surface area contributed by atoms with Crippen molar-refractivity contribution in [3.8, 4) is 5.75 Å². The zero-order chi connectivity index (χ0) is 21.2. The van der Waals surface area contributed by atoms with Crippen LogP contribution in [0.5, 0.6) is 5.75 Å². The number of nitrogens with zero attached hydrogens (tertiary/aromatic N) is 3. The Bertz CT molecular complexity index is 987. The molecule has 156 valence electrons. The van der Waals surface area contributed by atoms with Gasteiger partial charge in [0.1, 0.15) is 23.4 Å². The van der Waals surface area contributed by atoms with Crippen molar-refractivity contribution in [2.45, 2.75) is 33.3 Å². The van der Waals surface area contributed by atoms with E-state index in [0.717, 1.165) is 6.20 Å². The second-order valence-electron chi connectivity index (χ2n) is 7.63. The molecule has 3 rings (SSSR count). The van der Waals surface area contributed by atoms with Crippen LogP contribution in [0.3, 0.4) is 0 Å². The maximum atomic E-state index is 13.0. The van der Waals surface area contributed by atoms with Gasteiger partial charge in [0.25, 0.3) is 0 Å². The molecule has 0 unspecified atom stereocenters. The van der Waals surface area contributed by atoms with Gasteiger partial charge in [0.15, 0.2) is 5.78 Å². The SMILES string of the molecule is Cc1cc(OC2CN(S(=O)(=O)CC(C)C)C2)cc(C(=O)Cc2ccc(F)cn2)n1. The minimum absolute atomic E-state index is 0.000819. The highest BCUT2D eigenvalue weighted by molar-refractivity contribution is 7.89. The largest absolute Gasteiger partial charge is 0.488 e. The monoisotopic (exact) mass is 421 g/mol. The Morgan fingerprint density at radius 2 is 2.03 bits per heavy atom. The summed E-state index contributed by atoms with van der Waals surface area (Å²) in [6.07, 6.45) is 0.803. The van der Waals surface area contributed by atoms with Crippen LogP contribution in [0.25, 0.3) is 0 Å². The molecular weight excluding hydrogens is 397 g/mol. The lowest BCUT2D eigenvalue weighted by Crippen LogP contribution is -2.56. The van der Waals surface area contributed by atoms with E-state index >= 15 is 0 Å². The van der Waals surface area contributed by atoms with Gasteiger partial charge in [-0.3, -0.25) is 9.78 Å². The van der Waals surface area contributed by atoms with Gasteiger partial charge in [0.05, 0.1) is 31.5 Å². The van der Waals surface area contributed by atoms with E-state index in [-0.39, 0.29) is 35.7 Å². The van der Waals surface area contributed by atoms with Crippen LogP contribution >= 0.6 is 0 Å². The molecule has 1 saturated heterocycles. The third kappa shape index (κ3) is 5.57. The molecule has 0 aromatic carbocycles. The lowest BCUT2D eigenvalue weighted by molar-refractivity contribution is 0.0756. The Balaban J connectivity index is 1.63. The standard InChI is InChI=1S/C20H24FN3O4S/c1-13(2)12-29(26,27)24-10-18(11-24)28-17-6-14(3)23-19(8-17)20(25)7-16-5-4-15(21)9-22-16/h4-6,8-9,13,18H,7,10-12H2,1-3H3. The highest BCUT2D eigenvalue weighted by Crippen LogP contribution is 2.23. The number of sulfonamides is 1. The van der Waals surface area contributed by atoms with Crippen LogP contribution in [-0.4, -0.2) is 53.4 Å². The fraction of sp³-hybridized carbons (Fsp3) is 0.450. The molecule has 2 aromatic rings. The molecule has 0 N–H and O–H groups in total. The Morgan fingerprint density at radius 1 is 1.31 bits per heavy atom. The van der Waals surface area contributed by atoms with Crippen LogP contribution in [0, 0.1) is 18.7 Å². The summed E-state index contributed by atoms with van der Waals surface area (Å²) in [4.78, 5) is 20.7. The number of carbonyl (C=O) groups is 1. The number of ketones is 1. The molecule has 0 radical (unpaired) electrons. The minimum atomic E-state index is -3.26. The zero-order valence-electron chi connectivity index (χ0n) is 16.6. The summed E-state index contributed by atoms with van der Waals surface area (Å²) in [5.74, 6) is -0.0711. The summed E-state index contributed by atoms with van der Waals surface area (Å²) >= 11 is 0. The van der Waals surface area contributed by atoms with Crippen LogP contribution in [0.1, 0.15) is 35.7 Å². The molecule has 0 bridgehead atoms. The number of hydrogen-bond acceptors (Lipinski definition) is 6. The van der Waals surface area contributed by atoms with Gasteiger partial charge in [-0.05, 0) is 25.0 Å². The van der Waals surface area contributed by atoms with Crippen LogP contribution < -0.4 is 4.74 Å². The molecule has 0 atom stereocenters. The zero-order valence-corrected chi connectivity index (χ0v) is 17.4. The number of carbonyl (C=O) groups excluding carboxylic acids is 1. The van der Waals surface area contributed by atoms with Crippen molar-refractivity contribution in [1.82, 2.24) is 14.3 Å². The molecule has 1 aliphatic heterocycles. The minimum Gasteiger partial charge on any atom is -0.488 e. The number of aromatic nitrogens is 2. The van der Waals surface area contributed by atoms with Gasteiger partial charge in [0.2, 0.25) is 10.0 Å². The van der Waals surface area contributed by atoms with Gasteiger partial charge in [0, 0.05) is 23.5 Å². The summed E-state index contributed by atoms with van der Waals surface area (Å²) in [6.45, 7) is 6.06. The fourth-order valence-corrected chi connectivity index (χ4v) is 4.88. The molecule has 1 fully saturated rings. The summed E-state index contributed by atoms with van der Waals surface area (Å²) < 4.78 is 44.6. The lowest BCUT2D eigenvalue weighted by Gasteiger charge is -2.38. The van der Waals surface area contributed by atoms with Crippen LogP contribution in [0.15, 0.2) is 30.5 Å². The number of rotatable bonds is 8. The van der Waals surface area contributed by atoms with Gasteiger partial charge in [-0.2, -0.15) is 4.31 Å². The normalized spacial score (nSPS) is 15.3. The Kier molecular flexibility index (Phi) is 6.28. The smallest absolute Gasteiger partial charge is 0.214 e. The van der Waals surface area contributed by atoms with Gasteiger partial charge in [-0.25, -0.2) is 17.8 Å². The van der Waals surface area contributed by atoms with Crippen molar-refractivity contribution >= 4 is 15.8 Å². The molecule has 0 spiro atoms. The molecule has 7 nitrogen and oxygen atoms in total. The van der Waals surface area contributed by atoms with Crippen molar-refractivity contribution in [3.05, 3.63) is 53.4 Å². The van der Waals surface area contributed by atoms with Crippen LogP contribution in [-0.2, 0) is 16.4 Å². The van der Waals surface area contributed by atoms with Crippen molar-refractivity contribution in [1.29, 1.82) is 0 Å². The fourth-order valence-electron chi connectivity index (χ4n) is 3.04. The second-order valence-corrected chi connectivity index (χ2v) is 9.64. The molecule has 0 amide bonds. The Labute approximate surface area is 170 Å². The summed E-state index contributed by atoms with van der Waals surface area (Å²) in [5.41, 5.74) is 1.29. The summed E-state index contributed by atoms with van der Waals surface area (Å²) in [7, 11) is -3.26. The molecular formula is C20H24FN3O4S. The number of Topliss-reactive ketones (excluding diaryl/α,β-unsaturated/α-hetero) is 1. The number of pyridine rings is 2. The summed E-state index contributed by atoms with van der Waals surface area (Å²) in [6, 6.07) is 5.97. The van der Waals surface area contributed by atoms with Crippen LogP contribution in [0.4, 0.5) is 4.39 Å². The van der Waals surface area contributed by atoms with E-state index in [9.17, 15) is 17.6 Å². The third-order valence-electron chi connectivity index (χ3n) is 4.40. The van der Waals surface area contributed by atoms with E-state index in [1.54, 1.807) is 19.1 Å². The predicted molar refractivity (Wildman–Crippen MR) is 106 cm³/mol. The van der Waals surface area contributed by atoms with E-state index in [1.165, 1.54) is 16.4 Å². The van der Waals surface area contributed by atoms with E-state index in [4.69, 9.17) is 4.74 Å². The first-order valence-corrected chi connectivity index (χ1v) is 11.0. The molecule has 9 heteroatoms. The summed E-state index contributed by atoms with van der Waals surface area (Å²) in [5, 5.41) is 0. The highest BCUT2D eigenvalue weighted by atomic mass is 32.2. The average molecular weight is 421 g/mol. The second kappa shape index (κ2) is 8.54. The maximum Gasteiger partial charge on any atom is 0.214 e. The van der Waals surface area contributed by atoms with Crippen molar-refractivity contribution in [2.75, 3.05) is 18.8 Å². The van der Waals surface area contributed by atoms with Gasteiger partial charge in [-0.1, -0.05) is 13.8 Å². The molecule has 0 aliphatic carbocycles. The van der Waals surface area contributed by atoms with Gasteiger partial charge < -0.3 is 4.74 Å². The number of halogens is 1. The van der Waals surface area contributed by atoms with E-state index in [0.29, 0.717) is 30.2 Å². The van der Waals surface area contributed by atoms with Crippen molar-refractivity contribution in [2.24, 2.45) is 5.92 Å². The topological polar surface area (TPSA) is 89.5 Å². The molecule has 29 heavy (non-hydrogen) atoms. The molecule has 3 heterocycles. The van der Waals surface area contributed by atoms with Crippen LogP contribution in [0.2, 0.25) is 0 Å². The average Bonchev–Trinajstić information content (AvgIpc) is 2.58. The van der Waals surface area contributed by atoms with Crippen molar-refractivity contribution in [3.63, 3.8) is 0 Å². The number of ether oxygens (including phenoxy) is 1. The van der Waals surface area contributed by atoms with E-state index in [2.05, 4.69) is 9.97 Å². The van der Waals surface area contributed by atoms with E-state index in [1.807, 2.05) is 13.8 Å². The maximum absolute atomic E-state index is 13.0. The highest BCUT2D eigenvalue weighted by Gasteiger charge is 2.37. The van der Waals surface area contributed by atoms with E-state index < -0.39 is 15.8 Å². The Morgan fingerprint density at radius 3 is 2.66 bits per heavy atom. The first-order chi connectivity index (χ1) is 13.6. The number of aryl methyl sites for hydroxylation is 1. The van der Waals surface area contributed by atoms with Crippen molar-refractivity contribution < 1.29 is 22.3 Å². The van der Waals surface area contributed by atoms with Gasteiger partial charge in [-0.15, -0.1) is 0 Å².